The van der Waals surface area contributed by atoms with E-state index in [1.54, 1.807) is 0 Å². The smallest absolute Gasteiger partial charge is 0.0780 e. The van der Waals surface area contributed by atoms with Gasteiger partial charge in [0.05, 0.1) is 5.69 Å². The number of aromatic nitrogens is 1. The summed E-state index contributed by atoms with van der Waals surface area (Å²) in [6.45, 7) is 0. The maximum absolute atomic E-state index is 4.62. The van der Waals surface area contributed by atoms with Crippen LogP contribution in [0.25, 0.3) is 33.2 Å². The predicted molar refractivity (Wildman–Crippen MR) is 100 cm³/mol. The minimum Gasteiger partial charge on any atom is -0.256 e. The van der Waals surface area contributed by atoms with Crippen LogP contribution in [0.2, 0.25) is 0 Å². The van der Waals surface area contributed by atoms with E-state index < -0.39 is 0 Å². The standard InChI is InChI=1S/C21H14BrN/c22-19-10-8-15(9-11-19)17-5-3-6-18(14-17)21-20-7-2-1-4-16(20)12-13-23-21/h1-14H. The highest BCUT2D eigenvalue weighted by molar-refractivity contribution is 9.10. The highest BCUT2D eigenvalue weighted by Crippen LogP contribution is 2.30. The lowest BCUT2D eigenvalue weighted by Gasteiger charge is -2.08. The van der Waals surface area contributed by atoms with E-state index in [-0.39, 0.29) is 0 Å². The van der Waals surface area contributed by atoms with Crippen molar-refractivity contribution in [3.63, 3.8) is 0 Å². The predicted octanol–water partition coefficient (Wildman–Crippen LogP) is 6.33. The van der Waals surface area contributed by atoms with E-state index in [0.29, 0.717) is 0 Å². The molecule has 0 saturated heterocycles. The van der Waals surface area contributed by atoms with Gasteiger partial charge in [0.2, 0.25) is 0 Å². The van der Waals surface area contributed by atoms with Crippen LogP contribution >= 0.6 is 15.9 Å². The van der Waals surface area contributed by atoms with E-state index >= 15 is 0 Å². The summed E-state index contributed by atoms with van der Waals surface area (Å²) in [6.07, 6.45) is 1.88. The first-order chi connectivity index (χ1) is 11.3. The molecule has 0 bridgehead atoms. The molecule has 0 aliphatic carbocycles. The molecule has 2 heteroatoms. The third-order valence-corrected chi connectivity index (χ3v) is 4.52. The Balaban J connectivity index is 1.86. The van der Waals surface area contributed by atoms with Gasteiger partial charge in [0.15, 0.2) is 0 Å². The highest BCUT2D eigenvalue weighted by Gasteiger charge is 2.06. The van der Waals surface area contributed by atoms with Gasteiger partial charge >= 0.3 is 0 Å². The van der Waals surface area contributed by atoms with Crippen molar-refractivity contribution in [3.05, 3.63) is 89.5 Å². The van der Waals surface area contributed by atoms with Crippen molar-refractivity contribution in [3.8, 4) is 22.4 Å². The monoisotopic (exact) mass is 359 g/mol. The molecule has 23 heavy (non-hydrogen) atoms. The zero-order valence-corrected chi connectivity index (χ0v) is 14.0. The molecule has 0 fully saturated rings. The minimum absolute atomic E-state index is 1.03. The largest absolute Gasteiger partial charge is 0.256 e. The van der Waals surface area contributed by atoms with Crippen LogP contribution in [0.4, 0.5) is 0 Å². The van der Waals surface area contributed by atoms with Crippen molar-refractivity contribution in [1.29, 1.82) is 0 Å². The molecule has 110 valence electrons. The molecular formula is C21H14BrN. The Morgan fingerprint density at radius 2 is 1.43 bits per heavy atom. The van der Waals surface area contributed by atoms with Gasteiger partial charge in [-0.25, -0.2) is 0 Å². The number of halogens is 1. The van der Waals surface area contributed by atoms with Gasteiger partial charge in [-0.2, -0.15) is 0 Å². The molecule has 0 N–H and O–H groups in total. The maximum Gasteiger partial charge on any atom is 0.0780 e. The Hall–Kier alpha value is -2.45. The number of hydrogen-bond donors (Lipinski definition) is 0. The molecule has 0 amide bonds. The highest BCUT2D eigenvalue weighted by atomic mass is 79.9. The fourth-order valence-electron chi connectivity index (χ4n) is 2.84. The number of hydrogen-bond acceptors (Lipinski definition) is 1. The van der Waals surface area contributed by atoms with Gasteiger partial charge in [0.25, 0.3) is 0 Å². The molecular weight excluding hydrogens is 346 g/mol. The normalized spacial score (nSPS) is 10.8. The van der Waals surface area contributed by atoms with Crippen LogP contribution in [-0.4, -0.2) is 4.98 Å². The van der Waals surface area contributed by atoms with Gasteiger partial charge in [0.1, 0.15) is 0 Å². The molecule has 1 nitrogen and oxygen atoms in total. The summed E-state index contributed by atoms with van der Waals surface area (Å²) >= 11 is 3.49. The van der Waals surface area contributed by atoms with Crippen LogP contribution < -0.4 is 0 Å². The number of benzene rings is 3. The van der Waals surface area contributed by atoms with Gasteiger partial charge in [0, 0.05) is 21.6 Å². The van der Waals surface area contributed by atoms with E-state index in [0.717, 1.165) is 15.7 Å². The zero-order chi connectivity index (χ0) is 15.6. The van der Waals surface area contributed by atoms with Crippen molar-refractivity contribution in [2.75, 3.05) is 0 Å². The molecule has 4 rings (SSSR count). The van der Waals surface area contributed by atoms with Crippen LogP contribution in [0.3, 0.4) is 0 Å². The van der Waals surface area contributed by atoms with Crippen LogP contribution in [0.1, 0.15) is 0 Å². The lowest BCUT2D eigenvalue weighted by atomic mass is 9.99. The SMILES string of the molecule is Brc1ccc(-c2cccc(-c3nccc4ccccc34)c2)cc1. The molecule has 1 aromatic heterocycles. The van der Waals surface area contributed by atoms with Gasteiger partial charge in [-0.3, -0.25) is 4.98 Å². The first-order valence-electron chi connectivity index (χ1n) is 7.51. The second kappa shape index (κ2) is 5.98. The lowest BCUT2D eigenvalue weighted by molar-refractivity contribution is 1.36. The number of rotatable bonds is 2. The summed E-state index contributed by atoms with van der Waals surface area (Å²) in [4.78, 5) is 4.62. The molecule has 0 aliphatic rings. The van der Waals surface area contributed by atoms with Gasteiger partial charge in [-0.1, -0.05) is 70.5 Å². The Labute approximate surface area is 143 Å². The average molecular weight is 360 g/mol. The maximum atomic E-state index is 4.62. The molecule has 3 aromatic carbocycles. The molecule has 0 unspecified atom stereocenters. The van der Waals surface area contributed by atoms with Gasteiger partial charge in [-0.15, -0.1) is 0 Å². The fourth-order valence-corrected chi connectivity index (χ4v) is 3.10. The summed E-state index contributed by atoms with van der Waals surface area (Å²) in [5, 5.41) is 2.40. The lowest BCUT2D eigenvalue weighted by Crippen LogP contribution is -1.87. The van der Waals surface area contributed by atoms with Crippen molar-refractivity contribution >= 4 is 26.7 Å². The van der Waals surface area contributed by atoms with Crippen molar-refractivity contribution in [2.24, 2.45) is 0 Å². The molecule has 0 atom stereocenters. The number of pyridine rings is 1. The summed E-state index contributed by atoms with van der Waals surface area (Å²) < 4.78 is 1.09. The van der Waals surface area contributed by atoms with Crippen molar-refractivity contribution < 1.29 is 0 Å². The molecule has 0 saturated carbocycles. The third kappa shape index (κ3) is 2.78. The topological polar surface area (TPSA) is 12.9 Å². The second-order valence-corrected chi connectivity index (χ2v) is 6.38. The van der Waals surface area contributed by atoms with E-state index in [1.807, 2.05) is 6.20 Å². The second-order valence-electron chi connectivity index (χ2n) is 5.47. The Morgan fingerprint density at radius 3 is 2.30 bits per heavy atom. The number of nitrogens with zero attached hydrogens (tertiary/aromatic N) is 1. The van der Waals surface area contributed by atoms with Crippen LogP contribution in [0.15, 0.2) is 89.5 Å². The molecule has 0 spiro atoms. The van der Waals surface area contributed by atoms with E-state index in [2.05, 4.69) is 99.8 Å². The summed E-state index contributed by atoms with van der Waals surface area (Å²) in [6, 6.07) is 27.4. The van der Waals surface area contributed by atoms with Gasteiger partial charge < -0.3 is 0 Å². The van der Waals surface area contributed by atoms with Crippen LogP contribution in [0.5, 0.6) is 0 Å². The summed E-state index contributed by atoms with van der Waals surface area (Å²) in [5.41, 5.74) is 4.57. The van der Waals surface area contributed by atoms with E-state index in [1.165, 1.54) is 21.9 Å². The number of fused-ring (bicyclic) bond motifs is 1. The minimum atomic E-state index is 1.03. The fraction of sp³-hybridized carbons (Fsp3) is 0. The molecule has 4 aromatic rings. The Kier molecular flexibility index (Phi) is 3.68. The zero-order valence-electron chi connectivity index (χ0n) is 12.4. The van der Waals surface area contributed by atoms with Crippen molar-refractivity contribution in [2.45, 2.75) is 0 Å². The quantitative estimate of drug-likeness (QED) is 0.407. The Morgan fingerprint density at radius 1 is 0.652 bits per heavy atom. The molecule has 1 heterocycles. The first kappa shape index (κ1) is 14.2. The van der Waals surface area contributed by atoms with E-state index in [9.17, 15) is 0 Å². The first-order valence-corrected chi connectivity index (χ1v) is 8.31. The van der Waals surface area contributed by atoms with E-state index in [4.69, 9.17) is 0 Å². The van der Waals surface area contributed by atoms with Crippen LogP contribution in [-0.2, 0) is 0 Å². The van der Waals surface area contributed by atoms with Gasteiger partial charge in [-0.05, 0) is 40.8 Å². The molecule has 0 radical (unpaired) electrons. The summed E-state index contributed by atoms with van der Waals surface area (Å²) in [7, 11) is 0. The molecule has 0 aliphatic heterocycles. The Bertz CT molecular complexity index is 969. The van der Waals surface area contributed by atoms with Crippen LogP contribution in [0, 0.1) is 0 Å². The van der Waals surface area contributed by atoms with Crippen molar-refractivity contribution in [1.82, 2.24) is 4.98 Å². The summed E-state index contributed by atoms with van der Waals surface area (Å²) in [5.74, 6) is 0. The average Bonchev–Trinajstić information content (AvgIpc) is 2.62. The third-order valence-electron chi connectivity index (χ3n) is 3.99.